The molecule has 0 unspecified atom stereocenters. The first-order chi connectivity index (χ1) is 20.7. The Bertz CT molecular complexity index is 1940. The molecule has 0 saturated carbocycles. The molecular formula is C29H28N4O10. The van der Waals surface area contributed by atoms with Crippen molar-refractivity contribution < 1.29 is 50.1 Å². The number of aromatic amines is 1. The zero-order valence-electron chi connectivity index (χ0n) is 22.4. The van der Waals surface area contributed by atoms with Gasteiger partial charge in [0.25, 0.3) is 11.8 Å². The second-order valence-corrected chi connectivity index (χ2v) is 10.8. The monoisotopic (exact) mass is 592 g/mol. The number of nitrogens with one attached hydrogen (secondary N) is 2. The van der Waals surface area contributed by atoms with Crippen molar-refractivity contribution in [2.75, 3.05) is 19.8 Å². The number of imide groups is 1. The van der Waals surface area contributed by atoms with E-state index in [0.29, 0.717) is 32.7 Å². The molecule has 14 nitrogen and oxygen atoms in total. The van der Waals surface area contributed by atoms with Crippen molar-refractivity contribution in [1.82, 2.24) is 20.0 Å². The second-order valence-electron chi connectivity index (χ2n) is 10.8. The minimum atomic E-state index is -1.69. The summed E-state index contributed by atoms with van der Waals surface area (Å²) in [7, 11) is 0. The second kappa shape index (κ2) is 9.97. The van der Waals surface area contributed by atoms with Crippen molar-refractivity contribution in [1.29, 1.82) is 0 Å². The molecule has 14 heteroatoms. The molecule has 0 spiro atoms. The summed E-state index contributed by atoms with van der Waals surface area (Å²) in [5.41, 5.74) is 3.93. The molecule has 9 N–H and O–H groups in total. The van der Waals surface area contributed by atoms with Gasteiger partial charge in [-0.3, -0.25) is 9.59 Å². The number of amides is 2. The van der Waals surface area contributed by atoms with Crippen molar-refractivity contribution in [3.05, 3.63) is 53.6 Å². The maximum Gasteiger partial charge on any atom is 0.276 e. The quantitative estimate of drug-likeness (QED) is 0.115. The minimum Gasteiger partial charge on any atom is -0.506 e. The molecule has 2 aromatic heterocycles. The average molecular weight is 593 g/mol. The van der Waals surface area contributed by atoms with Gasteiger partial charge in [-0.15, -0.1) is 0 Å². The van der Waals surface area contributed by atoms with E-state index in [9.17, 15) is 45.3 Å². The SMILES string of the molecule is O=C1c2c(c3c4ccccc4n([C@@H]4O[C@H](CO)[C@@H](O)[C@H](O)[C@H]4O)c3c3[nH]c4c(O)cccc4c23)C(=O)N1NC(CO)CO. The van der Waals surface area contributed by atoms with Gasteiger partial charge in [0.2, 0.25) is 0 Å². The molecule has 7 rings (SSSR count). The highest BCUT2D eigenvalue weighted by molar-refractivity contribution is 6.39. The number of carbonyl (C=O) groups is 2. The average Bonchev–Trinajstić information content (AvgIpc) is 3.64. The standard InChI is InChI=1S/C29H28N4O10/c34-8-11(9-35)31-33-27(41)19-17-13-5-3-7-15(37)21(13)30-22(17)23-18(20(19)28(33)42)12-4-1-2-6-14(12)32(23)29-26(40)25(39)24(38)16(10-36)43-29/h1-7,11,16,24-26,29-31,34-40H,8-10H2/t16-,24-,25+,26-,29-/m1/s1. The maximum atomic E-state index is 14.1. The summed E-state index contributed by atoms with van der Waals surface area (Å²) in [5, 5.41) is 74.5. The van der Waals surface area contributed by atoms with Crippen molar-refractivity contribution >= 4 is 55.4 Å². The van der Waals surface area contributed by atoms with Crippen molar-refractivity contribution in [3.63, 3.8) is 0 Å². The Morgan fingerprint density at radius 2 is 1.51 bits per heavy atom. The lowest BCUT2D eigenvalue weighted by molar-refractivity contribution is -0.249. The molecule has 1 saturated heterocycles. The van der Waals surface area contributed by atoms with E-state index in [2.05, 4.69) is 10.4 Å². The first-order valence-corrected chi connectivity index (χ1v) is 13.6. The molecule has 0 bridgehead atoms. The third-order valence-electron chi connectivity index (χ3n) is 8.42. The summed E-state index contributed by atoms with van der Waals surface area (Å²) in [5.74, 6) is -1.63. The van der Waals surface area contributed by atoms with Gasteiger partial charge in [-0.05, 0) is 12.1 Å². The lowest BCUT2D eigenvalue weighted by atomic mass is 9.96. The van der Waals surface area contributed by atoms with Gasteiger partial charge in [0, 0.05) is 21.5 Å². The van der Waals surface area contributed by atoms with Gasteiger partial charge in [0.1, 0.15) is 30.2 Å². The van der Waals surface area contributed by atoms with Crippen LogP contribution in [-0.4, -0.2) is 112 Å². The molecule has 5 atom stereocenters. The van der Waals surface area contributed by atoms with Crippen LogP contribution in [0.15, 0.2) is 42.5 Å². The molecule has 2 amide bonds. The Morgan fingerprint density at radius 3 is 2.21 bits per heavy atom. The van der Waals surface area contributed by atoms with Crippen LogP contribution >= 0.6 is 0 Å². The van der Waals surface area contributed by atoms with Crippen molar-refractivity contribution in [3.8, 4) is 5.75 Å². The molecule has 224 valence electrons. The number of rotatable bonds is 6. The third-order valence-corrected chi connectivity index (χ3v) is 8.42. The normalized spacial score (nSPS) is 24.4. The lowest BCUT2D eigenvalue weighted by Gasteiger charge is -2.41. The molecule has 1 fully saturated rings. The molecule has 3 aromatic carbocycles. The van der Waals surface area contributed by atoms with E-state index in [0.717, 1.165) is 5.01 Å². The van der Waals surface area contributed by atoms with Crippen LogP contribution in [0.5, 0.6) is 5.75 Å². The minimum absolute atomic E-state index is 0.00147. The topological polar surface area (TPSA) is 221 Å². The number of H-pyrrole nitrogens is 1. The summed E-state index contributed by atoms with van der Waals surface area (Å²) in [6, 6.07) is 10.5. The Kier molecular flexibility index (Phi) is 6.42. The van der Waals surface area contributed by atoms with Crippen molar-refractivity contribution in [2.45, 2.75) is 36.7 Å². The number of aromatic nitrogens is 2. The van der Waals surface area contributed by atoms with Crippen LogP contribution in [0.1, 0.15) is 26.9 Å². The number of hydrogen-bond donors (Lipinski definition) is 9. The lowest BCUT2D eigenvalue weighted by Crippen LogP contribution is -2.56. The van der Waals surface area contributed by atoms with Gasteiger partial charge in [-0.1, -0.05) is 30.3 Å². The predicted molar refractivity (Wildman–Crippen MR) is 151 cm³/mol. The van der Waals surface area contributed by atoms with Crippen LogP contribution in [0.3, 0.4) is 0 Å². The molecule has 5 aromatic rings. The van der Waals surface area contributed by atoms with Gasteiger partial charge in [0.15, 0.2) is 6.23 Å². The Balaban J connectivity index is 1.64. The fourth-order valence-electron chi connectivity index (χ4n) is 6.39. The Morgan fingerprint density at radius 1 is 0.837 bits per heavy atom. The highest BCUT2D eigenvalue weighted by Gasteiger charge is 2.47. The summed E-state index contributed by atoms with van der Waals surface area (Å²) in [4.78, 5) is 31.2. The summed E-state index contributed by atoms with van der Waals surface area (Å²) in [6.07, 6.45) is -7.57. The molecule has 0 radical (unpaired) electrons. The van der Waals surface area contributed by atoms with Gasteiger partial charge in [-0.2, -0.15) is 0 Å². The zero-order chi connectivity index (χ0) is 30.3. The molecule has 4 heterocycles. The number of hydrazine groups is 1. The predicted octanol–water partition coefficient (Wildman–Crippen LogP) is -0.439. The van der Waals surface area contributed by atoms with E-state index < -0.39 is 68.3 Å². The first-order valence-electron chi connectivity index (χ1n) is 13.6. The zero-order valence-corrected chi connectivity index (χ0v) is 22.4. The van der Waals surface area contributed by atoms with Gasteiger partial charge in [-0.25, -0.2) is 10.4 Å². The van der Waals surface area contributed by atoms with E-state index in [1.165, 1.54) is 6.07 Å². The molecule has 2 aliphatic rings. The number of aliphatic hydroxyl groups is 6. The Hall–Kier alpha value is -4.12. The van der Waals surface area contributed by atoms with Crippen LogP contribution in [-0.2, 0) is 4.74 Å². The summed E-state index contributed by atoms with van der Waals surface area (Å²) < 4.78 is 7.51. The number of carbonyl (C=O) groups excluding carboxylic acids is 2. The molecule has 43 heavy (non-hydrogen) atoms. The number of hydrogen-bond acceptors (Lipinski definition) is 11. The van der Waals surface area contributed by atoms with E-state index in [1.807, 2.05) is 0 Å². The number of nitrogens with zero attached hydrogens (tertiary/aromatic N) is 2. The number of phenolic OH excluding ortho intramolecular Hbond substituents is 1. The maximum absolute atomic E-state index is 14.1. The number of phenols is 1. The van der Waals surface area contributed by atoms with Gasteiger partial charge in [0.05, 0.1) is 59.1 Å². The number of ether oxygens (including phenoxy) is 1. The van der Waals surface area contributed by atoms with E-state index in [1.54, 1.807) is 41.0 Å². The van der Waals surface area contributed by atoms with Crippen LogP contribution in [0.25, 0.3) is 43.6 Å². The largest absolute Gasteiger partial charge is 0.506 e. The molecule has 2 aliphatic heterocycles. The highest BCUT2D eigenvalue weighted by Crippen LogP contribution is 2.47. The number of aromatic hydroxyl groups is 1. The van der Waals surface area contributed by atoms with Crippen molar-refractivity contribution in [2.24, 2.45) is 0 Å². The van der Waals surface area contributed by atoms with Gasteiger partial charge >= 0.3 is 0 Å². The third kappa shape index (κ3) is 3.70. The smallest absolute Gasteiger partial charge is 0.276 e. The van der Waals surface area contributed by atoms with Gasteiger partial charge < -0.3 is 50.0 Å². The first kappa shape index (κ1) is 27.7. The number of fused-ring (bicyclic) bond motifs is 10. The number of aliphatic hydroxyl groups excluding tert-OH is 6. The number of benzene rings is 3. The summed E-state index contributed by atoms with van der Waals surface area (Å²) in [6.45, 7) is -1.79. The number of para-hydroxylation sites is 2. The molecular weight excluding hydrogens is 564 g/mol. The summed E-state index contributed by atoms with van der Waals surface area (Å²) >= 11 is 0. The Labute approximate surface area is 241 Å². The van der Waals surface area contributed by atoms with Crippen LogP contribution in [0, 0.1) is 0 Å². The molecule has 0 aliphatic carbocycles. The fraction of sp³-hybridized carbons (Fsp3) is 0.310. The van der Waals surface area contributed by atoms with E-state index in [-0.39, 0.29) is 27.8 Å². The fourth-order valence-corrected chi connectivity index (χ4v) is 6.39. The van der Waals surface area contributed by atoms with Crippen LogP contribution in [0.4, 0.5) is 0 Å². The highest BCUT2D eigenvalue weighted by atomic mass is 16.6. The van der Waals surface area contributed by atoms with Crippen LogP contribution < -0.4 is 5.43 Å². The van der Waals surface area contributed by atoms with Crippen LogP contribution in [0.2, 0.25) is 0 Å². The van der Waals surface area contributed by atoms with E-state index >= 15 is 0 Å². The van der Waals surface area contributed by atoms with E-state index in [4.69, 9.17) is 4.74 Å².